The number of H-pyrrole nitrogens is 1. The van der Waals surface area contributed by atoms with Crippen LogP contribution in [0.4, 0.5) is 0 Å². The van der Waals surface area contributed by atoms with Crippen molar-refractivity contribution >= 4 is 17.5 Å². The standard InChI is InChI=1S/C18H22ClN3O3/c1-13-3-4-14(19)16(11-13)25-12-18(24)6-2-9-22(10-7-18)17(23)15-5-8-20-21-15/h3-5,8,11,24H,2,6-7,9-10,12H2,1H3,(H,20,21). The van der Waals surface area contributed by atoms with E-state index < -0.39 is 5.60 Å². The molecule has 1 amide bonds. The van der Waals surface area contributed by atoms with Crippen LogP contribution in [-0.2, 0) is 0 Å². The summed E-state index contributed by atoms with van der Waals surface area (Å²) in [6.07, 6.45) is 3.29. The molecule has 2 N–H and O–H groups in total. The number of hydrogen-bond donors (Lipinski definition) is 2. The second-order valence-electron chi connectivity index (χ2n) is 6.56. The first kappa shape index (κ1) is 17.8. The number of benzene rings is 1. The average Bonchev–Trinajstić information content (AvgIpc) is 3.06. The molecule has 1 fully saturated rings. The third-order valence-electron chi connectivity index (χ3n) is 4.52. The van der Waals surface area contributed by atoms with E-state index in [9.17, 15) is 9.90 Å². The summed E-state index contributed by atoms with van der Waals surface area (Å²) >= 11 is 6.14. The summed E-state index contributed by atoms with van der Waals surface area (Å²) in [5, 5.41) is 17.9. The van der Waals surface area contributed by atoms with Crippen molar-refractivity contribution in [2.24, 2.45) is 0 Å². The maximum absolute atomic E-state index is 12.4. The molecule has 2 aromatic rings. The summed E-state index contributed by atoms with van der Waals surface area (Å²) in [6.45, 7) is 3.19. The van der Waals surface area contributed by atoms with Gasteiger partial charge >= 0.3 is 0 Å². The minimum atomic E-state index is -0.976. The van der Waals surface area contributed by atoms with Gasteiger partial charge < -0.3 is 14.7 Å². The Labute approximate surface area is 151 Å². The Kier molecular flexibility index (Phi) is 5.30. The van der Waals surface area contributed by atoms with Crippen molar-refractivity contribution in [3.8, 4) is 5.75 Å². The van der Waals surface area contributed by atoms with Crippen LogP contribution in [0.2, 0.25) is 5.02 Å². The van der Waals surface area contributed by atoms with Crippen LogP contribution in [0.5, 0.6) is 5.75 Å². The number of hydrogen-bond acceptors (Lipinski definition) is 4. The molecule has 0 radical (unpaired) electrons. The number of nitrogens with one attached hydrogen (secondary N) is 1. The molecular weight excluding hydrogens is 342 g/mol. The number of aromatic amines is 1. The minimum Gasteiger partial charge on any atom is -0.489 e. The van der Waals surface area contributed by atoms with Gasteiger partial charge in [-0.05, 0) is 49.9 Å². The number of carbonyl (C=O) groups is 1. The molecule has 1 aliphatic heterocycles. The lowest BCUT2D eigenvalue weighted by Gasteiger charge is -2.27. The highest BCUT2D eigenvalue weighted by molar-refractivity contribution is 6.32. The van der Waals surface area contributed by atoms with Crippen LogP contribution in [-0.4, -0.2) is 51.4 Å². The van der Waals surface area contributed by atoms with Crippen LogP contribution in [0, 0.1) is 6.92 Å². The van der Waals surface area contributed by atoms with Gasteiger partial charge in [0.1, 0.15) is 23.7 Å². The maximum atomic E-state index is 12.4. The van der Waals surface area contributed by atoms with E-state index in [0.29, 0.717) is 48.8 Å². The van der Waals surface area contributed by atoms with Crippen molar-refractivity contribution in [2.75, 3.05) is 19.7 Å². The van der Waals surface area contributed by atoms with Crippen molar-refractivity contribution in [3.63, 3.8) is 0 Å². The number of amides is 1. The van der Waals surface area contributed by atoms with Crippen LogP contribution < -0.4 is 4.74 Å². The van der Waals surface area contributed by atoms with E-state index in [0.717, 1.165) is 5.56 Å². The van der Waals surface area contributed by atoms with E-state index in [1.54, 1.807) is 23.2 Å². The van der Waals surface area contributed by atoms with E-state index in [1.807, 2.05) is 19.1 Å². The Balaban J connectivity index is 1.61. The number of likely N-dealkylation sites (tertiary alicyclic amines) is 1. The van der Waals surface area contributed by atoms with E-state index in [1.165, 1.54) is 0 Å². The first-order chi connectivity index (χ1) is 12.0. The molecule has 6 nitrogen and oxygen atoms in total. The van der Waals surface area contributed by atoms with Crippen molar-refractivity contribution in [1.82, 2.24) is 15.1 Å². The number of carbonyl (C=O) groups excluding carboxylic acids is 1. The maximum Gasteiger partial charge on any atom is 0.271 e. The zero-order valence-electron chi connectivity index (χ0n) is 14.2. The third-order valence-corrected chi connectivity index (χ3v) is 4.83. The van der Waals surface area contributed by atoms with E-state index in [-0.39, 0.29) is 12.5 Å². The normalized spacial score (nSPS) is 21.0. The monoisotopic (exact) mass is 363 g/mol. The molecule has 1 aromatic heterocycles. The predicted molar refractivity (Wildman–Crippen MR) is 95.0 cm³/mol. The summed E-state index contributed by atoms with van der Waals surface area (Å²) in [6, 6.07) is 7.21. The molecule has 0 bridgehead atoms. The second kappa shape index (κ2) is 7.45. The van der Waals surface area contributed by atoms with Gasteiger partial charge in [0.2, 0.25) is 0 Å². The zero-order chi connectivity index (χ0) is 17.9. The lowest BCUT2D eigenvalue weighted by atomic mass is 9.96. The molecule has 2 heterocycles. The summed E-state index contributed by atoms with van der Waals surface area (Å²) in [5.74, 6) is 0.481. The Morgan fingerprint density at radius 1 is 1.40 bits per heavy atom. The summed E-state index contributed by atoms with van der Waals surface area (Å²) in [5.41, 5.74) is 0.535. The number of aromatic nitrogens is 2. The molecule has 1 atom stereocenters. The number of rotatable bonds is 4. The highest BCUT2D eigenvalue weighted by Gasteiger charge is 2.33. The Bertz CT molecular complexity index is 735. The number of aryl methyl sites for hydroxylation is 1. The Morgan fingerprint density at radius 2 is 2.24 bits per heavy atom. The van der Waals surface area contributed by atoms with Crippen molar-refractivity contribution in [2.45, 2.75) is 31.8 Å². The van der Waals surface area contributed by atoms with Gasteiger partial charge in [-0.25, -0.2) is 0 Å². The minimum absolute atomic E-state index is 0.0932. The molecule has 1 unspecified atom stereocenters. The molecule has 0 saturated carbocycles. The topological polar surface area (TPSA) is 78.5 Å². The highest BCUT2D eigenvalue weighted by Crippen LogP contribution is 2.29. The average molecular weight is 364 g/mol. The molecular formula is C18H22ClN3O3. The molecule has 1 saturated heterocycles. The molecule has 0 spiro atoms. The lowest BCUT2D eigenvalue weighted by Crippen LogP contribution is -2.38. The van der Waals surface area contributed by atoms with Gasteiger partial charge in [0, 0.05) is 19.3 Å². The van der Waals surface area contributed by atoms with Crippen LogP contribution in [0.3, 0.4) is 0 Å². The molecule has 7 heteroatoms. The molecule has 0 aliphatic carbocycles. The predicted octanol–water partition coefficient (Wildman–Crippen LogP) is 2.81. The smallest absolute Gasteiger partial charge is 0.271 e. The van der Waals surface area contributed by atoms with Gasteiger partial charge in [0.15, 0.2) is 0 Å². The summed E-state index contributed by atoms with van der Waals surface area (Å²) < 4.78 is 5.78. The Morgan fingerprint density at radius 3 is 3.00 bits per heavy atom. The first-order valence-corrected chi connectivity index (χ1v) is 8.75. The number of halogens is 1. The first-order valence-electron chi connectivity index (χ1n) is 8.37. The summed E-state index contributed by atoms with van der Waals surface area (Å²) in [7, 11) is 0. The van der Waals surface area contributed by atoms with E-state index >= 15 is 0 Å². The SMILES string of the molecule is Cc1ccc(Cl)c(OCC2(O)CCCN(C(=O)c3ccn[nH]3)CC2)c1. The van der Waals surface area contributed by atoms with Crippen LogP contribution in [0.15, 0.2) is 30.5 Å². The highest BCUT2D eigenvalue weighted by atomic mass is 35.5. The molecule has 3 rings (SSSR count). The third kappa shape index (κ3) is 4.32. The van der Waals surface area contributed by atoms with Gasteiger partial charge in [-0.15, -0.1) is 0 Å². The van der Waals surface area contributed by atoms with E-state index in [2.05, 4.69) is 10.2 Å². The van der Waals surface area contributed by atoms with Gasteiger partial charge in [-0.2, -0.15) is 5.10 Å². The fourth-order valence-electron chi connectivity index (χ4n) is 3.00. The second-order valence-corrected chi connectivity index (χ2v) is 6.97. The molecule has 134 valence electrons. The van der Waals surface area contributed by atoms with Crippen LogP contribution in [0.25, 0.3) is 0 Å². The van der Waals surface area contributed by atoms with Crippen LogP contribution in [0.1, 0.15) is 35.3 Å². The van der Waals surface area contributed by atoms with Crippen molar-refractivity contribution in [3.05, 3.63) is 46.7 Å². The number of ether oxygens (including phenoxy) is 1. The fourth-order valence-corrected chi connectivity index (χ4v) is 3.18. The van der Waals surface area contributed by atoms with Gasteiger partial charge in [0.05, 0.1) is 5.02 Å². The number of nitrogens with zero attached hydrogens (tertiary/aromatic N) is 2. The van der Waals surface area contributed by atoms with Gasteiger partial charge in [0.25, 0.3) is 5.91 Å². The summed E-state index contributed by atoms with van der Waals surface area (Å²) in [4.78, 5) is 14.2. The van der Waals surface area contributed by atoms with Crippen molar-refractivity contribution in [1.29, 1.82) is 0 Å². The van der Waals surface area contributed by atoms with Crippen molar-refractivity contribution < 1.29 is 14.6 Å². The molecule has 1 aromatic carbocycles. The Hall–Kier alpha value is -2.05. The molecule has 25 heavy (non-hydrogen) atoms. The number of aliphatic hydroxyl groups is 1. The largest absolute Gasteiger partial charge is 0.489 e. The quantitative estimate of drug-likeness (QED) is 0.875. The van der Waals surface area contributed by atoms with Crippen LogP contribution >= 0.6 is 11.6 Å². The lowest BCUT2D eigenvalue weighted by molar-refractivity contribution is -0.0163. The molecule has 1 aliphatic rings. The van der Waals surface area contributed by atoms with Gasteiger partial charge in [-0.3, -0.25) is 9.89 Å². The zero-order valence-corrected chi connectivity index (χ0v) is 14.9. The van der Waals surface area contributed by atoms with Gasteiger partial charge in [-0.1, -0.05) is 17.7 Å². The fraction of sp³-hybridized carbons (Fsp3) is 0.444. The van der Waals surface area contributed by atoms with E-state index in [4.69, 9.17) is 16.3 Å².